The fourth-order valence-corrected chi connectivity index (χ4v) is 4.83. The molecule has 5 rings (SSSR count). The molecule has 144 valence electrons. The van der Waals surface area contributed by atoms with Crippen molar-refractivity contribution in [2.45, 2.75) is 31.7 Å². The lowest BCUT2D eigenvalue weighted by Crippen LogP contribution is -2.44. The van der Waals surface area contributed by atoms with Crippen LogP contribution in [-0.4, -0.2) is 46.9 Å². The summed E-state index contributed by atoms with van der Waals surface area (Å²) >= 11 is 0. The molecule has 0 bridgehead atoms. The number of hydrogen-bond donors (Lipinski definition) is 1. The van der Waals surface area contributed by atoms with Crippen molar-refractivity contribution >= 4 is 16.8 Å². The molecule has 1 amide bonds. The van der Waals surface area contributed by atoms with Crippen LogP contribution in [0.25, 0.3) is 10.9 Å². The summed E-state index contributed by atoms with van der Waals surface area (Å²) in [5.41, 5.74) is 5.36. The summed E-state index contributed by atoms with van der Waals surface area (Å²) in [5, 5.41) is 1.35. The standard InChI is InChI=1S/C24H27N3O/c28-24(27-14-11-18-5-1-2-6-20(18)16-27)17-26-12-9-19(10-13-26)22-15-25-23-8-4-3-7-21(22)23/h1-8,15,19,25H,9-14,16-17H2. The molecule has 1 N–H and O–H groups in total. The highest BCUT2D eigenvalue weighted by atomic mass is 16.2. The Hall–Kier alpha value is -2.59. The van der Waals surface area contributed by atoms with Gasteiger partial charge in [0.05, 0.1) is 6.54 Å². The first-order valence-corrected chi connectivity index (χ1v) is 10.4. The van der Waals surface area contributed by atoms with Gasteiger partial charge in [0, 0.05) is 30.2 Å². The molecule has 2 aliphatic rings. The van der Waals surface area contributed by atoms with Crippen LogP contribution in [0.1, 0.15) is 35.4 Å². The van der Waals surface area contributed by atoms with E-state index in [4.69, 9.17) is 0 Å². The van der Waals surface area contributed by atoms with Crippen molar-refractivity contribution in [1.29, 1.82) is 0 Å². The molecule has 2 aromatic carbocycles. The minimum atomic E-state index is 0.278. The summed E-state index contributed by atoms with van der Waals surface area (Å²) in [4.78, 5) is 20.6. The second kappa shape index (κ2) is 7.44. The zero-order valence-corrected chi connectivity index (χ0v) is 16.2. The minimum Gasteiger partial charge on any atom is -0.361 e. The van der Waals surface area contributed by atoms with Crippen molar-refractivity contribution in [2.24, 2.45) is 0 Å². The van der Waals surface area contributed by atoms with Gasteiger partial charge in [0.2, 0.25) is 5.91 Å². The Morgan fingerprint density at radius 1 is 0.964 bits per heavy atom. The number of hydrogen-bond acceptors (Lipinski definition) is 2. The van der Waals surface area contributed by atoms with Crippen LogP contribution in [0.5, 0.6) is 0 Å². The molecule has 2 aliphatic heterocycles. The predicted molar refractivity (Wildman–Crippen MR) is 112 cm³/mol. The molecule has 1 aromatic heterocycles. The zero-order valence-electron chi connectivity index (χ0n) is 16.2. The van der Waals surface area contributed by atoms with Crippen molar-refractivity contribution in [3.63, 3.8) is 0 Å². The molecule has 0 saturated carbocycles. The molecule has 0 atom stereocenters. The molecule has 1 saturated heterocycles. The third-order valence-electron chi connectivity index (χ3n) is 6.49. The Kier molecular flexibility index (Phi) is 4.65. The molecule has 4 nitrogen and oxygen atoms in total. The van der Waals surface area contributed by atoms with Crippen molar-refractivity contribution in [2.75, 3.05) is 26.2 Å². The Labute approximate surface area is 166 Å². The first kappa shape index (κ1) is 17.5. The van der Waals surface area contributed by atoms with Crippen LogP contribution in [-0.2, 0) is 17.8 Å². The van der Waals surface area contributed by atoms with Crippen molar-refractivity contribution in [1.82, 2.24) is 14.8 Å². The van der Waals surface area contributed by atoms with Gasteiger partial charge in [-0.15, -0.1) is 0 Å². The molecule has 0 spiro atoms. The number of piperidine rings is 1. The average Bonchev–Trinajstić information content (AvgIpc) is 3.18. The van der Waals surface area contributed by atoms with Gasteiger partial charge in [0.25, 0.3) is 0 Å². The smallest absolute Gasteiger partial charge is 0.237 e. The number of H-pyrrole nitrogens is 1. The number of likely N-dealkylation sites (tertiary alicyclic amines) is 1. The number of carbonyl (C=O) groups excluding carboxylic acids is 1. The highest BCUT2D eigenvalue weighted by Gasteiger charge is 2.26. The van der Waals surface area contributed by atoms with Gasteiger partial charge in [0.1, 0.15) is 0 Å². The number of aromatic nitrogens is 1. The van der Waals surface area contributed by atoms with Crippen LogP contribution in [0, 0.1) is 0 Å². The molecule has 1 fully saturated rings. The van der Waals surface area contributed by atoms with Gasteiger partial charge in [0.15, 0.2) is 0 Å². The van der Waals surface area contributed by atoms with Crippen molar-refractivity contribution < 1.29 is 4.79 Å². The molecule has 28 heavy (non-hydrogen) atoms. The van der Waals surface area contributed by atoms with E-state index in [0.29, 0.717) is 12.5 Å². The maximum absolute atomic E-state index is 12.8. The first-order chi connectivity index (χ1) is 13.8. The molecule has 3 aromatic rings. The molecule has 3 heterocycles. The van der Waals surface area contributed by atoms with Crippen LogP contribution < -0.4 is 0 Å². The lowest BCUT2D eigenvalue weighted by atomic mass is 9.89. The number of nitrogens with one attached hydrogen (secondary N) is 1. The average molecular weight is 374 g/mol. The largest absolute Gasteiger partial charge is 0.361 e. The molecule has 0 unspecified atom stereocenters. The quantitative estimate of drug-likeness (QED) is 0.755. The number of aromatic amines is 1. The lowest BCUT2D eigenvalue weighted by Gasteiger charge is -2.34. The lowest BCUT2D eigenvalue weighted by molar-refractivity contribution is -0.133. The molecular weight excluding hydrogens is 346 g/mol. The number of rotatable bonds is 3. The number of amides is 1. The molecular formula is C24H27N3O. The maximum atomic E-state index is 12.8. The summed E-state index contributed by atoms with van der Waals surface area (Å²) in [6.07, 6.45) is 5.40. The number of nitrogens with zero attached hydrogens (tertiary/aromatic N) is 2. The normalized spacial score (nSPS) is 18.4. The van der Waals surface area contributed by atoms with Crippen LogP contribution in [0.2, 0.25) is 0 Å². The fraction of sp³-hybridized carbons (Fsp3) is 0.375. The molecule has 4 heteroatoms. The Bertz CT molecular complexity index is 984. The van der Waals surface area contributed by atoms with E-state index >= 15 is 0 Å². The number of para-hydroxylation sites is 1. The first-order valence-electron chi connectivity index (χ1n) is 10.4. The second-order valence-electron chi connectivity index (χ2n) is 8.17. The van der Waals surface area contributed by atoms with Gasteiger partial charge < -0.3 is 9.88 Å². The second-order valence-corrected chi connectivity index (χ2v) is 8.17. The summed E-state index contributed by atoms with van der Waals surface area (Å²) in [5.74, 6) is 0.865. The van der Waals surface area contributed by atoms with Gasteiger partial charge in [-0.1, -0.05) is 42.5 Å². The number of benzene rings is 2. The van der Waals surface area contributed by atoms with Gasteiger partial charge in [-0.25, -0.2) is 0 Å². The van der Waals surface area contributed by atoms with Crippen LogP contribution in [0.15, 0.2) is 54.7 Å². The monoisotopic (exact) mass is 373 g/mol. The maximum Gasteiger partial charge on any atom is 0.237 e. The van der Waals surface area contributed by atoms with E-state index in [1.165, 1.54) is 27.6 Å². The molecule has 0 radical (unpaired) electrons. The number of carbonyl (C=O) groups is 1. The van der Waals surface area contributed by atoms with E-state index in [1.54, 1.807) is 0 Å². The summed E-state index contributed by atoms with van der Waals surface area (Å²) in [7, 11) is 0. The highest BCUT2D eigenvalue weighted by molar-refractivity contribution is 5.83. The van der Waals surface area contributed by atoms with Crippen LogP contribution >= 0.6 is 0 Å². The highest BCUT2D eigenvalue weighted by Crippen LogP contribution is 2.33. The van der Waals surface area contributed by atoms with Gasteiger partial charge >= 0.3 is 0 Å². The van der Waals surface area contributed by atoms with Crippen LogP contribution in [0.4, 0.5) is 0 Å². The van der Waals surface area contributed by atoms with Gasteiger partial charge in [-0.3, -0.25) is 9.69 Å². The van der Waals surface area contributed by atoms with Crippen molar-refractivity contribution in [3.8, 4) is 0 Å². The summed E-state index contributed by atoms with van der Waals surface area (Å²) < 4.78 is 0. The summed E-state index contributed by atoms with van der Waals surface area (Å²) in [6.45, 7) is 4.17. The Morgan fingerprint density at radius 3 is 2.57 bits per heavy atom. The SMILES string of the molecule is O=C(CN1CCC(c2c[nH]c3ccccc23)CC1)N1CCc2ccccc2C1. The van der Waals surface area contributed by atoms with Gasteiger partial charge in [-0.2, -0.15) is 0 Å². The van der Waals surface area contributed by atoms with E-state index in [9.17, 15) is 4.79 Å². The van der Waals surface area contributed by atoms with E-state index in [-0.39, 0.29) is 5.91 Å². The fourth-order valence-electron chi connectivity index (χ4n) is 4.83. The van der Waals surface area contributed by atoms with E-state index < -0.39 is 0 Å². The van der Waals surface area contributed by atoms with E-state index in [1.807, 2.05) is 4.90 Å². The topological polar surface area (TPSA) is 39.3 Å². The van der Waals surface area contributed by atoms with Gasteiger partial charge in [-0.05, 0) is 61.0 Å². The van der Waals surface area contributed by atoms with E-state index in [2.05, 4.69) is 64.6 Å². The Balaban J connectivity index is 1.18. The minimum absolute atomic E-state index is 0.278. The van der Waals surface area contributed by atoms with Crippen LogP contribution in [0.3, 0.4) is 0 Å². The van der Waals surface area contributed by atoms with Crippen molar-refractivity contribution in [3.05, 3.63) is 71.4 Å². The summed E-state index contributed by atoms with van der Waals surface area (Å²) in [6, 6.07) is 17.1. The van der Waals surface area contributed by atoms with E-state index in [0.717, 1.165) is 45.4 Å². The number of fused-ring (bicyclic) bond motifs is 2. The predicted octanol–water partition coefficient (Wildman–Crippen LogP) is 3.93. The zero-order chi connectivity index (χ0) is 18.9. The third-order valence-corrected chi connectivity index (χ3v) is 6.49. The molecule has 0 aliphatic carbocycles. The Morgan fingerprint density at radius 2 is 1.71 bits per heavy atom. The third kappa shape index (κ3) is 3.33.